The van der Waals surface area contributed by atoms with Crippen LogP contribution in [0.4, 0.5) is 0 Å². The lowest BCUT2D eigenvalue weighted by Crippen LogP contribution is -2.41. The van der Waals surface area contributed by atoms with Gasteiger partial charge >= 0.3 is 0 Å². The predicted octanol–water partition coefficient (Wildman–Crippen LogP) is 1.43. The molecule has 1 amide bonds. The number of furan rings is 1. The van der Waals surface area contributed by atoms with E-state index in [9.17, 15) is 4.79 Å². The zero-order valence-corrected chi connectivity index (χ0v) is 10.5. The highest BCUT2D eigenvalue weighted by Crippen LogP contribution is 2.12. The van der Waals surface area contributed by atoms with Crippen molar-refractivity contribution in [1.29, 1.82) is 0 Å². The van der Waals surface area contributed by atoms with Gasteiger partial charge in [-0.25, -0.2) is 0 Å². The third-order valence-electron chi connectivity index (χ3n) is 2.39. The minimum atomic E-state index is -0.170. The number of carbonyl (C=O) groups is 1. The second-order valence-electron chi connectivity index (χ2n) is 3.66. The normalized spacial score (nSPS) is 14.5. The fourth-order valence-electron chi connectivity index (χ4n) is 1.38. The largest absolute Gasteiger partial charge is 0.469 e. The molecule has 2 unspecified atom stereocenters. The maximum absolute atomic E-state index is 11.7. The first-order chi connectivity index (χ1) is 7.58. The Balaban J connectivity index is 2.57. The van der Waals surface area contributed by atoms with Crippen LogP contribution in [0.1, 0.15) is 23.0 Å². The molecule has 1 rings (SSSR count). The van der Waals surface area contributed by atoms with Crippen molar-refractivity contribution in [3.63, 3.8) is 0 Å². The molecule has 0 bridgehead atoms. The molecule has 2 atom stereocenters. The summed E-state index contributed by atoms with van der Waals surface area (Å²) in [5.74, 6) is 0.540. The fourth-order valence-corrected chi connectivity index (χ4v) is 2.01. The summed E-state index contributed by atoms with van der Waals surface area (Å²) in [6.07, 6.45) is 3.34. The number of aliphatic hydroxyl groups is 1. The topological polar surface area (TPSA) is 62.5 Å². The van der Waals surface area contributed by atoms with E-state index in [1.165, 1.54) is 18.0 Å². The van der Waals surface area contributed by atoms with Gasteiger partial charge in [-0.2, -0.15) is 11.8 Å². The van der Waals surface area contributed by atoms with E-state index in [-0.39, 0.29) is 23.8 Å². The van der Waals surface area contributed by atoms with Crippen molar-refractivity contribution in [3.8, 4) is 0 Å². The third kappa shape index (κ3) is 3.28. The number of carbonyl (C=O) groups excluding carboxylic acids is 1. The molecule has 2 N–H and O–H groups in total. The molecule has 1 aromatic rings. The number of hydrogen-bond donors (Lipinski definition) is 2. The molecule has 0 aliphatic heterocycles. The average molecular weight is 243 g/mol. The highest BCUT2D eigenvalue weighted by molar-refractivity contribution is 7.99. The minimum Gasteiger partial charge on any atom is -0.469 e. The maximum Gasteiger partial charge on any atom is 0.254 e. The summed E-state index contributed by atoms with van der Waals surface area (Å²) in [5.41, 5.74) is 0.516. The van der Waals surface area contributed by atoms with Crippen molar-refractivity contribution in [1.82, 2.24) is 5.32 Å². The van der Waals surface area contributed by atoms with E-state index in [2.05, 4.69) is 5.32 Å². The summed E-state index contributed by atoms with van der Waals surface area (Å²) in [5, 5.41) is 11.9. The van der Waals surface area contributed by atoms with E-state index >= 15 is 0 Å². The Morgan fingerprint density at radius 2 is 2.38 bits per heavy atom. The van der Waals surface area contributed by atoms with Crippen LogP contribution >= 0.6 is 11.8 Å². The summed E-state index contributed by atoms with van der Waals surface area (Å²) in [6.45, 7) is 3.72. The molecule has 90 valence electrons. The van der Waals surface area contributed by atoms with Crippen LogP contribution in [0, 0.1) is 6.92 Å². The van der Waals surface area contributed by atoms with Gasteiger partial charge in [0, 0.05) is 11.3 Å². The lowest BCUT2D eigenvalue weighted by molar-refractivity contribution is 0.0935. The minimum absolute atomic E-state index is 0.0111. The van der Waals surface area contributed by atoms with Gasteiger partial charge in [-0.05, 0) is 26.2 Å². The molecule has 0 aliphatic rings. The number of amides is 1. The van der Waals surface area contributed by atoms with E-state index in [0.29, 0.717) is 11.3 Å². The van der Waals surface area contributed by atoms with Crippen LogP contribution < -0.4 is 5.32 Å². The van der Waals surface area contributed by atoms with E-state index < -0.39 is 0 Å². The molecule has 0 aromatic carbocycles. The standard InChI is InChI=1S/C11H17NO3S/c1-7-4-9(6-15-7)11(14)12-8(2)10(5-13)16-3/h4,6,8,10,13H,5H2,1-3H3,(H,12,14). The SMILES string of the molecule is CSC(CO)C(C)NC(=O)c1coc(C)c1. The molecule has 0 saturated carbocycles. The van der Waals surface area contributed by atoms with Gasteiger partial charge in [0.25, 0.3) is 5.91 Å². The monoisotopic (exact) mass is 243 g/mol. The van der Waals surface area contributed by atoms with Crippen LogP contribution in [-0.4, -0.2) is 35.2 Å². The summed E-state index contributed by atoms with van der Waals surface area (Å²) < 4.78 is 5.06. The molecule has 0 radical (unpaired) electrons. The molecule has 0 aliphatic carbocycles. The van der Waals surface area contributed by atoms with Crippen LogP contribution in [0.25, 0.3) is 0 Å². The molecule has 0 fully saturated rings. The summed E-state index contributed by atoms with van der Waals surface area (Å²) in [6, 6.07) is 1.61. The van der Waals surface area contributed by atoms with Crippen molar-refractivity contribution in [2.45, 2.75) is 25.1 Å². The molecular formula is C11H17NO3S. The third-order valence-corrected chi connectivity index (χ3v) is 3.55. The summed E-state index contributed by atoms with van der Waals surface area (Å²) in [7, 11) is 0. The first kappa shape index (κ1) is 13.1. The van der Waals surface area contributed by atoms with Gasteiger partial charge in [-0.1, -0.05) is 0 Å². The van der Waals surface area contributed by atoms with Crippen LogP contribution in [0.5, 0.6) is 0 Å². The number of nitrogens with one attached hydrogen (secondary N) is 1. The van der Waals surface area contributed by atoms with Crippen LogP contribution in [0.2, 0.25) is 0 Å². The Bertz CT molecular complexity index is 347. The first-order valence-corrected chi connectivity index (χ1v) is 6.37. The van der Waals surface area contributed by atoms with E-state index in [4.69, 9.17) is 9.52 Å². The molecule has 4 nitrogen and oxygen atoms in total. The molecule has 5 heteroatoms. The fraction of sp³-hybridized carbons (Fsp3) is 0.545. The summed E-state index contributed by atoms with van der Waals surface area (Å²) in [4.78, 5) is 11.7. The molecule has 1 heterocycles. The van der Waals surface area contributed by atoms with Gasteiger partial charge < -0.3 is 14.8 Å². The second kappa shape index (κ2) is 5.96. The Labute approximate surface area is 99.4 Å². The van der Waals surface area contributed by atoms with Gasteiger partial charge in [0.05, 0.1) is 12.2 Å². The van der Waals surface area contributed by atoms with Crippen molar-refractivity contribution in [2.75, 3.05) is 12.9 Å². The lowest BCUT2D eigenvalue weighted by Gasteiger charge is -2.20. The van der Waals surface area contributed by atoms with Gasteiger partial charge in [0.2, 0.25) is 0 Å². The lowest BCUT2D eigenvalue weighted by atomic mass is 10.2. The van der Waals surface area contributed by atoms with E-state index in [1.807, 2.05) is 13.2 Å². The van der Waals surface area contributed by atoms with Crippen molar-refractivity contribution in [3.05, 3.63) is 23.7 Å². The van der Waals surface area contributed by atoms with Crippen molar-refractivity contribution >= 4 is 17.7 Å². The van der Waals surface area contributed by atoms with Crippen LogP contribution in [0.3, 0.4) is 0 Å². The Kier molecular flexibility index (Phi) is 4.89. The summed E-state index contributed by atoms with van der Waals surface area (Å²) >= 11 is 1.53. The predicted molar refractivity (Wildman–Crippen MR) is 64.8 cm³/mol. The molecule has 0 saturated heterocycles. The number of aryl methyl sites for hydroxylation is 1. The van der Waals surface area contributed by atoms with Crippen molar-refractivity contribution in [2.24, 2.45) is 0 Å². The van der Waals surface area contributed by atoms with Gasteiger partial charge in [-0.15, -0.1) is 0 Å². The van der Waals surface area contributed by atoms with Gasteiger partial charge in [-0.3, -0.25) is 4.79 Å². The Hall–Kier alpha value is -0.940. The first-order valence-electron chi connectivity index (χ1n) is 5.08. The zero-order chi connectivity index (χ0) is 12.1. The molecule has 0 spiro atoms. The highest BCUT2D eigenvalue weighted by atomic mass is 32.2. The van der Waals surface area contributed by atoms with Gasteiger partial charge in [0.15, 0.2) is 0 Å². The average Bonchev–Trinajstić information content (AvgIpc) is 2.66. The number of aliphatic hydroxyl groups excluding tert-OH is 1. The van der Waals surface area contributed by atoms with Crippen molar-refractivity contribution < 1.29 is 14.3 Å². The van der Waals surface area contributed by atoms with Crippen LogP contribution in [0.15, 0.2) is 16.7 Å². The second-order valence-corrected chi connectivity index (χ2v) is 4.74. The van der Waals surface area contributed by atoms with E-state index in [0.717, 1.165) is 0 Å². The Morgan fingerprint density at radius 1 is 1.69 bits per heavy atom. The molecule has 16 heavy (non-hydrogen) atoms. The number of rotatable bonds is 5. The highest BCUT2D eigenvalue weighted by Gasteiger charge is 2.18. The maximum atomic E-state index is 11.7. The zero-order valence-electron chi connectivity index (χ0n) is 9.69. The van der Waals surface area contributed by atoms with Crippen LogP contribution in [-0.2, 0) is 0 Å². The molecular weight excluding hydrogens is 226 g/mol. The Morgan fingerprint density at radius 3 is 2.81 bits per heavy atom. The quantitative estimate of drug-likeness (QED) is 0.821. The molecule has 1 aromatic heterocycles. The van der Waals surface area contributed by atoms with E-state index in [1.54, 1.807) is 13.0 Å². The number of thioether (sulfide) groups is 1. The number of hydrogen-bond acceptors (Lipinski definition) is 4. The smallest absolute Gasteiger partial charge is 0.254 e. The van der Waals surface area contributed by atoms with Gasteiger partial charge in [0.1, 0.15) is 12.0 Å².